The molecule has 2 unspecified atom stereocenters. The topological polar surface area (TPSA) is 38.7 Å². The van der Waals surface area contributed by atoms with E-state index in [-0.39, 0.29) is 11.5 Å². The van der Waals surface area contributed by atoms with Gasteiger partial charge in [-0.25, -0.2) is 0 Å². The Morgan fingerprint density at radius 2 is 1.88 bits per heavy atom. The fourth-order valence-corrected chi connectivity index (χ4v) is 3.81. The van der Waals surface area contributed by atoms with Crippen LogP contribution < -0.4 is 0 Å². The molecular weight excluding hydrogens is 216 g/mol. The van der Waals surface area contributed by atoms with E-state index in [1.165, 1.54) is 25.7 Å². The van der Waals surface area contributed by atoms with Gasteiger partial charge in [0, 0.05) is 31.7 Å². The molecule has 0 aromatic heterocycles. The van der Waals surface area contributed by atoms with Gasteiger partial charge in [0.15, 0.2) is 0 Å². The Balaban J connectivity index is 1.49. The van der Waals surface area contributed by atoms with Crippen LogP contribution in [0.25, 0.3) is 0 Å². The smallest absolute Gasteiger partial charge is 0.0681 e. The van der Waals surface area contributed by atoms with Gasteiger partial charge in [-0.1, -0.05) is 12.8 Å². The molecule has 0 amide bonds. The second kappa shape index (κ2) is 4.87. The standard InChI is InChI=1S/C14H24O3/c15-12-9-13(14(12)5-1-2-6-14)17-10-11-3-7-16-8-4-11/h11-13,15H,1-10H2. The Hall–Kier alpha value is -0.120. The van der Waals surface area contributed by atoms with Crippen LogP contribution >= 0.6 is 0 Å². The number of ether oxygens (including phenoxy) is 2. The van der Waals surface area contributed by atoms with Crippen molar-refractivity contribution in [3.63, 3.8) is 0 Å². The molecular formula is C14H24O3. The van der Waals surface area contributed by atoms with Gasteiger partial charge in [0.1, 0.15) is 0 Å². The molecule has 2 atom stereocenters. The molecule has 1 spiro atoms. The molecule has 98 valence electrons. The Kier molecular flexibility index (Phi) is 3.42. The Bertz CT molecular complexity index is 254. The molecule has 2 aliphatic carbocycles. The SMILES string of the molecule is OC1CC(OCC2CCOCC2)C12CCCC2. The molecule has 0 radical (unpaired) electrons. The van der Waals surface area contributed by atoms with Crippen molar-refractivity contribution in [2.24, 2.45) is 11.3 Å². The third kappa shape index (κ3) is 2.13. The van der Waals surface area contributed by atoms with Crippen LogP contribution in [0.4, 0.5) is 0 Å². The fraction of sp³-hybridized carbons (Fsp3) is 1.00. The highest BCUT2D eigenvalue weighted by Gasteiger charge is 2.56. The summed E-state index contributed by atoms with van der Waals surface area (Å²) in [5.41, 5.74) is 0.144. The van der Waals surface area contributed by atoms with Crippen molar-refractivity contribution < 1.29 is 14.6 Å². The Labute approximate surface area is 103 Å². The quantitative estimate of drug-likeness (QED) is 0.821. The molecule has 2 saturated carbocycles. The van der Waals surface area contributed by atoms with Crippen molar-refractivity contribution in [1.29, 1.82) is 0 Å². The predicted molar refractivity (Wildman–Crippen MR) is 64.8 cm³/mol. The molecule has 0 bridgehead atoms. The lowest BCUT2D eigenvalue weighted by Crippen LogP contribution is -2.57. The van der Waals surface area contributed by atoms with E-state index in [1.807, 2.05) is 0 Å². The maximum atomic E-state index is 10.0. The van der Waals surface area contributed by atoms with Gasteiger partial charge in [-0.15, -0.1) is 0 Å². The van der Waals surface area contributed by atoms with Crippen LogP contribution in [0.5, 0.6) is 0 Å². The first-order valence-electron chi connectivity index (χ1n) is 7.19. The summed E-state index contributed by atoms with van der Waals surface area (Å²) in [7, 11) is 0. The predicted octanol–water partition coefficient (Wildman–Crippen LogP) is 2.12. The summed E-state index contributed by atoms with van der Waals surface area (Å²) in [6.07, 6.45) is 8.28. The van der Waals surface area contributed by atoms with E-state index in [4.69, 9.17) is 9.47 Å². The normalized spacial score (nSPS) is 37.2. The van der Waals surface area contributed by atoms with Gasteiger partial charge in [-0.2, -0.15) is 0 Å². The van der Waals surface area contributed by atoms with Crippen LogP contribution in [0.3, 0.4) is 0 Å². The van der Waals surface area contributed by atoms with E-state index in [0.29, 0.717) is 12.0 Å². The maximum absolute atomic E-state index is 10.0. The van der Waals surface area contributed by atoms with Gasteiger partial charge in [0.25, 0.3) is 0 Å². The van der Waals surface area contributed by atoms with E-state index in [2.05, 4.69) is 0 Å². The summed E-state index contributed by atoms with van der Waals surface area (Å²) >= 11 is 0. The van der Waals surface area contributed by atoms with Gasteiger partial charge >= 0.3 is 0 Å². The third-order valence-electron chi connectivity index (χ3n) is 5.15. The zero-order valence-corrected chi connectivity index (χ0v) is 10.6. The molecule has 3 rings (SSSR count). The highest BCUT2D eigenvalue weighted by atomic mass is 16.5. The van der Waals surface area contributed by atoms with Gasteiger partial charge in [0.05, 0.1) is 12.2 Å². The number of hydrogen-bond donors (Lipinski definition) is 1. The van der Waals surface area contributed by atoms with Crippen LogP contribution in [-0.4, -0.2) is 37.1 Å². The summed E-state index contributed by atoms with van der Waals surface area (Å²) in [5.74, 6) is 0.681. The summed E-state index contributed by atoms with van der Waals surface area (Å²) in [6.45, 7) is 2.67. The molecule has 0 aromatic carbocycles. The highest BCUT2D eigenvalue weighted by molar-refractivity contribution is 5.06. The van der Waals surface area contributed by atoms with E-state index < -0.39 is 0 Å². The molecule has 0 aromatic rings. The van der Waals surface area contributed by atoms with Crippen molar-refractivity contribution in [3.8, 4) is 0 Å². The van der Waals surface area contributed by atoms with Crippen molar-refractivity contribution in [3.05, 3.63) is 0 Å². The monoisotopic (exact) mass is 240 g/mol. The molecule has 3 fully saturated rings. The van der Waals surface area contributed by atoms with Crippen LogP contribution in [-0.2, 0) is 9.47 Å². The fourth-order valence-electron chi connectivity index (χ4n) is 3.81. The molecule has 1 N–H and O–H groups in total. The number of hydrogen-bond acceptors (Lipinski definition) is 3. The minimum Gasteiger partial charge on any atom is -0.392 e. The Morgan fingerprint density at radius 1 is 1.18 bits per heavy atom. The zero-order valence-electron chi connectivity index (χ0n) is 10.6. The van der Waals surface area contributed by atoms with E-state index in [9.17, 15) is 5.11 Å². The zero-order chi connectivity index (χ0) is 11.7. The summed E-state index contributed by atoms with van der Waals surface area (Å²) in [6, 6.07) is 0. The third-order valence-corrected chi connectivity index (χ3v) is 5.15. The van der Waals surface area contributed by atoms with Crippen LogP contribution in [0.1, 0.15) is 44.9 Å². The molecule has 1 aliphatic heterocycles. The second-order valence-electron chi connectivity index (χ2n) is 6.07. The van der Waals surface area contributed by atoms with Gasteiger partial charge < -0.3 is 14.6 Å². The molecule has 3 aliphatic rings. The van der Waals surface area contributed by atoms with Crippen molar-refractivity contribution in [1.82, 2.24) is 0 Å². The van der Waals surface area contributed by atoms with Gasteiger partial charge in [-0.3, -0.25) is 0 Å². The van der Waals surface area contributed by atoms with Gasteiger partial charge in [-0.05, 0) is 31.6 Å². The van der Waals surface area contributed by atoms with Crippen LogP contribution in [0.15, 0.2) is 0 Å². The first-order valence-corrected chi connectivity index (χ1v) is 7.19. The number of rotatable bonds is 3. The minimum absolute atomic E-state index is 0.0929. The summed E-state index contributed by atoms with van der Waals surface area (Å²) < 4.78 is 11.5. The maximum Gasteiger partial charge on any atom is 0.0681 e. The van der Waals surface area contributed by atoms with Gasteiger partial charge in [0.2, 0.25) is 0 Å². The minimum atomic E-state index is -0.0929. The molecule has 1 saturated heterocycles. The van der Waals surface area contributed by atoms with Crippen LogP contribution in [0.2, 0.25) is 0 Å². The van der Waals surface area contributed by atoms with Crippen molar-refractivity contribution in [2.45, 2.75) is 57.2 Å². The number of aliphatic hydroxyl groups is 1. The highest BCUT2D eigenvalue weighted by Crippen LogP contribution is 2.54. The lowest BCUT2D eigenvalue weighted by Gasteiger charge is -2.51. The molecule has 17 heavy (non-hydrogen) atoms. The lowest BCUT2D eigenvalue weighted by molar-refractivity contribution is -0.196. The van der Waals surface area contributed by atoms with Crippen LogP contribution in [0, 0.1) is 11.3 Å². The summed E-state index contributed by atoms with van der Waals surface area (Å²) in [4.78, 5) is 0. The van der Waals surface area contributed by atoms with E-state index in [1.54, 1.807) is 0 Å². The lowest BCUT2D eigenvalue weighted by atomic mass is 9.62. The molecule has 1 heterocycles. The average Bonchev–Trinajstić information content (AvgIpc) is 2.88. The van der Waals surface area contributed by atoms with E-state index >= 15 is 0 Å². The Morgan fingerprint density at radius 3 is 2.53 bits per heavy atom. The first kappa shape index (κ1) is 11.9. The molecule has 3 nitrogen and oxygen atoms in total. The second-order valence-corrected chi connectivity index (χ2v) is 6.07. The van der Waals surface area contributed by atoms with Crippen molar-refractivity contribution in [2.75, 3.05) is 19.8 Å². The number of aliphatic hydroxyl groups excluding tert-OH is 1. The largest absolute Gasteiger partial charge is 0.392 e. The summed E-state index contributed by atoms with van der Waals surface area (Å²) in [5, 5.41) is 10.0. The average molecular weight is 240 g/mol. The first-order chi connectivity index (χ1) is 8.31. The van der Waals surface area contributed by atoms with Crippen molar-refractivity contribution >= 4 is 0 Å². The molecule has 3 heteroatoms. The van der Waals surface area contributed by atoms with E-state index in [0.717, 1.165) is 39.1 Å².